The van der Waals surface area contributed by atoms with Crippen LogP contribution in [0.5, 0.6) is 5.88 Å². The predicted octanol–water partition coefficient (Wildman–Crippen LogP) is 9.93. The van der Waals surface area contributed by atoms with Crippen molar-refractivity contribution < 1.29 is 14.7 Å². The second-order valence-electron chi connectivity index (χ2n) is 10.2. The first-order chi connectivity index (χ1) is 22.2. The Balaban J connectivity index is 0.000000275. The molecule has 0 atom stereocenters. The zero-order valence-corrected chi connectivity index (χ0v) is 31.3. The molecule has 0 aliphatic heterocycles. The maximum Gasteiger partial charge on any atom is 0.264 e. The minimum atomic E-state index is -0.779. The van der Waals surface area contributed by atoms with Crippen LogP contribution in [-0.4, -0.2) is 26.3 Å². The molecule has 0 aliphatic carbocycles. The van der Waals surface area contributed by atoms with Gasteiger partial charge in [0.1, 0.15) is 27.1 Å². The molecule has 48 heavy (non-hydrogen) atoms. The Kier molecular flexibility index (Phi) is 15.7. The van der Waals surface area contributed by atoms with Gasteiger partial charge in [-0.15, -0.1) is 0 Å². The quantitative estimate of drug-likeness (QED) is 0.0786. The van der Waals surface area contributed by atoms with Gasteiger partial charge in [0.2, 0.25) is 10.6 Å². The molecule has 0 radical (unpaired) electrons. The number of halogens is 3. The minimum Gasteiger partial charge on any atom is -0.493 e. The number of nitrogens with two attached hydrogens (primary N) is 1. The molecule has 0 aliphatic rings. The fourth-order valence-electron chi connectivity index (χ4n) is 4.72. The number of carbonyl (C=O) groups is 1. The van der Waals surface area contributed by atoms with Gasteiger partial charge in [0.05, 0.1) is 0 Å². The van der Waals surface area contributed by atoms with Crippen LogP contribution in [-0.2, 0) is 9.59 Å². The van der Waals surface area contributed by atoms with Crippen molar-refractivity contribution in [2.24, 2.45) is 5.73 Å². The lowest BCUT2D eigenvalue weighted by Gasteiger charge is -2.11. The molecule has 0 unspecified atom stereocenters. The Bertz CT molecular complexity index is 2000. The van der Waals surface area contributed by atoms with Crippen LogP contribution in [0.1, 0.15) is 40.8 Å². The van der Waals surface area contributed by atoms with Crippen molar-refractivity contribution in [2.45, 2.75) is 35.1 Å². The number of carbonyl (C=O) groups excluding carboxylic acids is 2. The molecule has 1 aromatic heterocycles. The van der Waals surface area contributed by atoms with E-state index in [2.05, 4.69) is 36.8 Å². The molecule has 11 heteroatoms. The molecule has 5 rings (SSSR count). The van der Waals surface area contributed by atoms with Gasteiger partial charge in [-0.05, 0) is 91.4 Å². The Labute approximate surface area is 311 Å². The van der Waals surface area contributed by atoms with Crippen molar-refractivity contribution in [3.8, 4) is 27.6 Å². The Morgan fingerprint density at radius 3 is 1.71 bits per heavy atom. The summed E-state index contributed by atoms with van der Waals surface area (Å²) in [4.78, 5) is 39.0. The third-order valence-electron chi connectivity index (χ3n) is 6.70. The molecule has 0 fully saturated rings. The van der Waals surface area contributed by atoms with E-state index < -0.39 is 5.24 Å². The minimum absolute atomic E-state index is 0. The van der Waals surface area contributed by atoms with Crippen molar-refractivity contribution in [3.05, 3.63) is 137 Å². The summed E-state index contributed by atoms with van der Waals surface area (Å²) in [5.41, 5.74) is 12.0. The smallest absolute Gasteiger partial charge is 0.264 e. The van der Waals surface area contributed by atoms with Gasteiger partial charge in [0, 0.05) is 25.6 Å². The number of thiocarbonyl (C=S) groups is 1. The molecule has 5 aromatic rings. The average molecular weight is 829 g/mol. The van der Waals surface area contributed by atoms with Gasteiger partial charge in [0.25, 0.3) is 5.24 Å². The van der Waals surface area contributed by atoms with Crippen LogP contribution in [0.2, 0.25) is 0 Å². The highest BCUT2D eigenvalue weighted by Gasteiger charge is 2.19. The largest absolute Gasteiger partial charge is 0.493 e. The lowest BCUT2D eigenvalue weighted by molar-refractivity contribution is -0.106. The van der Waals surface area contributed by atoms with E-state index in [-0.39, 0.29) is 29.2 Å². The van der Waals surface area contributed by atoms with Gasteiger partial charge in [-0.1, -0.05) is 124 Å². The van der Waals surface area contributed by atoms with Crippen LogP contribution in [0.15, 0.2) is 98.7 Å². The van der Waals surface area contributed by atoms with Gasteiger partial charge in [-0.3, -0.25) is 9.59 Å². The van der Waals surface area contributed by atoms with E-state index in [0.717, 1.165) is 59.2 Å². The molecule has 0 spiro atoms. The van der Waals surface area contributed by atoms with Crippen molar-refractivity contribution in [2.75, 3.05) is 0 Å². The first-order valence-electron chi connectivity index (χ1n) is 13.9. The van der Waals surface area contributed by atoms with Crippen LogP contribution in [0.4, 0.5) is 0 Å². The number of aryl methyl sites for hydroxylation is 4. The molecular formula is C37H33Br2ClN2O4S2. The molecule has 6 nitrogen and oxygen atoms in total. The van der Waals surface area contributed by atoms with Crippen molar-refractivity contribution in [3.63, 3.8) is 0 Å². The Morgan fingerprint density at radius 1 is 0.854 bits per heavy atom. The summed E-state index contributed by atoms with van der Waals surface area (Å²) in [6, 6.07) is 26.4. The lowest BCUT2D eigenvalue weighted by atomic mass is 9.97. The number of rotatable bonds is 5. The van der Waals surface area contributed by atoms with E-state index in [1.165, 1.54) is 0 Å². The Morgan fingerprint density at radius 2 is 1.31 bits per heavy atom. The van der Waals surface area contributed by atoms with Crippen molar-refractivity contribution in [1.82, 2.24) is 4.98 Å². The zero-order chi connectivity index (χ0) is 34.8. The van der Waals surface area contributed by atoms with E-state index in [9.17, 15) is 19.5 Å². The molecule has 0 saturated heterocycles. The number of aromatic nitrogens is 1. The third kappa shape index (κ3) is 10.6. The first-order valence-corrected chi connectivity index (χ1v) is 17.1. The average Bonchev–Trinajstić information content (AvgIpc) is 3.01. The van der Waals surface area contributed by atoms with Gasteiger partial charge in [-0.2, -0.15) is 0 Å². The van der Waals surface area contributed by atoms with Gasteiger partial charge >= 0.3 is 0 Å². The van der Waals surface area contributed by atoms with E-state index in [1.54, 1.807) is 5.94 Å². The van der Waals surface area contributed by atoms with E-state index in [4.69, 9.17) is 29.6 Å². The summed E-state index contributed by atoms with van der Waals surface area (Å²) in [7, 11) is 0. The monoisotopic (exact) mass is 826 g/mol. The molecular weight excluding hydrogens is 796 g/mol. The van der Waals surface area contributed by atoms with Crippen LogP contribution in [0, 0.1) is 27.7 Å². The highest BCUT2D eigenvalue weighted by molar-refractivity contribution is 9.10. The van der Waals surface area contributed by atoms with Crippen LogP contribution in [0.25, 0.3) is 27.3 Å². The molecule has 0 bridgehead atoms. The standard InChI is InChI=1S/C18H14BrNO2S.C11H8BrClO2.C7H7NS.CH4/c1-10-8-13(19)9-11(2)14(10)15-16(21)20-17(23-18(15)22)12-6-4-3-5-7-12;1-6-3-8(12)4-7(2)10(6)9(5-14)11(13)15;8-7(9)6-4-2-1-3-5-6;/h3-9,21H,1-2H3;3-4H,1-2H3;1-5H,(H2,8,9);1H4. The topological polar surface area (TPSA) is 110 Å². The van der Waals surface area contributed by atoms with Gasteiger partial charge in [-0.25, -0.2) is 9.78 Å². The van der Waals surface area contributed by atoms with Crippen LogP contribution >= 0.6 is 67.0 Å². The van der Waals surface area contributed by atoms with Gasteiger partial charge in [0.15, 0.2) is 0 Å². The van der Waals surface area contributed by atoms with Crippen molar-refractivity contribution in [1.29, 1.82) is 0 Å². The van der Waals surface area contributed by atoms with E-state index >= 15 is 0 Å². The number of nitrogens with zero attached hydrogens (tertiary/aromatic N) is 1. The summed E-state index contributed by atoms with van der Waals surface area (Å²) in [5.74, 6) is 1.37. The molecule has 1 heterocycles. The first kappa shape index (κ1) is 40.4. The number of hydrogen-bond donors (Lipinski definition) is 2. The summed E-state index contributed by atoms with van der Waals surface area (Å²) < 4.78 is 1.65. The van der Waals surface area contributed by atoms with Crippen LogP contribution in [0.3, 0.4) is 0 Å². The van der Waals surface area contributed by atoms with Crippen molar-refractivity contribution >= 4 is 88.8 Å². The number of benzene rings is 4. The molecule has 0 amide bonds. The van der Waals surface area contributed by atoms with E-state index in [0.29, 0.717) is 15.6 Å². The molecule has 4 aromatic carbocycles. The zero-order valence-electron chi connectivity index (χ0n) is 25.7. The number of allylic oxidation sites excluding steroid dienone is 1. The second-order valence-corrected chi connectivity index (χ2v) is 13.8. The number of hydrogen-bond acceptors (Lipinski definition) is 7. The fraction of sp³-hybridized carbons (Fsp3) is 0.135. The molecule has 3 N–H and O–H groups in total. The normalized spacial score (nSPS) is 9.81. The van der Waals surface area contributed by atoms with Gasteiger partial charge < -0.3 is 10.8 Å². The second kappa shape index (κ2) is 18.7. The summed E-state index contributed by atoms with van der Waals surface area (Å²) >= 11 is 17.9. The summed E-state index contributed by atoms with van der Waals surface area (Å²) in [6.45, 7) is 7.46. The Hall–Kier alpha value is -3.76. The third-order valence-corrected chi connectivity index (χ3v) is 8.95. The maximum atomic E-state index is 12.6. The lowest BCUT2D eigenvalue weighted by Crippen LogP contribution is -2.08. The van der Waals surface area contributed by atoms with Crippen LogP contribution < -0.4 is 10.5 Å². The highest BCUT2D eigenvalue weighted by Crippen LogP contribution is 2.35. The van der Waals surface area contributed by atoms with E-state index in [1.807, 2.05) is 113 Å². The summed E-state index contributed by atoms with van der Waals surface area (Å²) in [6.07, 6.45) is 0. The maximum absolute atomic E-state index is 12.6. The molecule has 0 saturated carbocycles. The molecule has 248 valence electrons. The summed E-state index contributed by atoms with van der Waals surface area (Å²) in [5, 5.41) is 10.1. The predicted molar refractivity (Wildman–Crippen MR) is 211 cm³/mol. The SMILES string of the molecule is C.Cc1cc(Br)cc(C)c1-c1c(O)nc(-c2ccccc2)sc1=O.Cc1cc(Br)cc(C)c1C(=C=O)C(=O)Cl.NC(=S)c1ccccc1. The number of aromatic hydroxyl groups is 1. The fourth-order valence-corrected chi connectivity index (χ4v) is 7.22. The highest BCUT2D eigenvalue weighted by atomic mass is 79.9.